The van der Waals surface area contributed by atoms with Crippen LogP contribution in [0, 0.1) is 0 Å². The fourth-order valence-electron chi connectivity index (χ4n) is 2.91. The van der Waals surface area contributed by atoms with E-state index in [1.807, 2.05) is 0 Å². The maximum absolute atomic E-state index is 13.7. The summed E-state index contributed by atoms with van der Waals surface area (Å²) < 4.78 is 5.32. The molecule has 1 aliphatic rings. The number of morpholine rings is 1. The Labute approximate surface area is 256 Å². The summed E-state index contributed by atoms with van der Waals surface area (Å²) in [5.74, 6) is -0.528. The van der Waals surface area contributed by atoms with E-state index in [4.69, 9.17) is 121 Å². The van der Waals surface area contributed by atoms with Crippen LogP contribution in [0.1, 0.15) is 11.1 Å². The summed E-state index contributed by atoms with van der Waals surface area (Å²) in [5.41, 5.74) is -0.178. The molecule has 2 aromatic rings. The molecule has 1 fully saturated rings. The van der Waals surface area contributed by atoms with Crippen molar-refractivity contribution in [3.05, 3.63) is 67.2 Å². The zero-order valence-electron chi connectivity index (χ0n) is 15.9. The molecule has 0 amide bonds. The van der Waals surface area contributed by atoms with Crippen molar-refractivity contribution in [2.45, 2.75) is 0 Å². The van der Waals surface area contributed by atoms with Gasteiger partial charge in [-0.25, -0.2) is 0 Å². The van der Waals surface area contributed by atoms with Crippen molar-refractivity contribution in [3.8, 4) is 0 Å². The summed E-state index contributed by atoms with van der Waals surface area (Å²) >= 11 is 63.1. The first-order valence-electron chi connectivity index (χ1n) is 8.28. The molecule has 0 spiro atoms. The van der Waals surface area contributed by atoms with Crippen LogP contribution in [0.5, 0.6) is 0 Å². The SMILES string of the molecule is [Na+].[O-]C(=C(c1c(Cl)c(Cl)c(Cl)c(Cl)c1Cl)c1c(Cl)c(Cl)c(Cl)c(Cl)c1Cl)N1CCOCC1. The average molecular weight is 648 g/mol. The van der Waals surface area contributed by atoms with Crippen molar-refractivity contribution < 1.29 is 39.4 Å². The molecular weight excluding hydrogens is 640 g/mol. The molecule has 2 aromatic carbocycles. The van der Waals surface area contributed by atoms with Crippen molar-refractivity contribution in [1.82, 2.24) is 4.90 Å². The molecule has 0 aromatic heterocycles. The van der Waals surface area contributed by atoms with Crippen LogP contribution in [0.3, 0.4) is 0 Å². The third-order valence-corrected chi connectivity index (χ3v) is 8.99. The second-order valence-corrected chi connectivity index (χ2v) is 9.95. The fourth-order valence-corrected chi connectivity index (χ4v) is 5.57. The topological polar surface area (TPSA) is 35.5 Å². The van der Waals surface area contributed by atoms with Crippen molar-refractivity contribution >= 4 is 122 Å². The molecular formula is C18H8Cl10NNaO2. The van der Waals surface area contributed by atoms with E-state index in [2.05, 4.69) is 0 Å². The zero-order valence-corrected chi connectivity index (χ0v) is 25.4. The van der Waals surface area contributed by atoms with Gasteiger partial charge in [-0.3, -0.25) is 0 Å². The molecule has 0 radical (unpaired) electrons. The molecule has 1 saturated heterocycles. The normalized spacial score (nSPS) is 13.8. The number of rotatable bonds is 3. The maximum Gasteiger partial charge on any atom is 1.00 e. The third kappa shape index (κ3) is 5.48. The van der Waals surface area contributed by atoms with Gasteiger partial charge in [0.05, 0.1) is 63.4 Å². The summed E-state index contributed by atoms with van der Waals surface area (Å²) in [7, 11) is 0. The second kappa shape index (κ2) is 12.3. The van der Waals surface area contributed by atoms with Crippen LogP contribution in [0.25, 0.3) is 5.57 Å². The number of halogens is 10. The molecule has 3 nitrogen and oxygen atoms in total. The van der Waals surface area contributed by atoms with Crippen LogP contribution in [0.2, 0.25) is 50.2 Å². The molecule has 0 unspecified atom stereocenters. The van der Waals surface area contributed by atoms with Gasteiger partial charge in [-0.05, 0) is 5.88 Å². The van der Waals surface area contributed by atoms with Gasteiger partial charge < -0.3 is 14.7 Å². The van der Waals surface area contributed by atoms with Crippen molar-refractivity contribution in [3.63, 3.8) is 0 Å². The van der Waals surface area contributed by atoms with Gasteiger partial charge in [0.25, 0.3) is 0 Å². The predicted molar refractivity (Wildman–Crippen MR) is 131 cm³/mol. The summed E-state index contributed by atoms with van der Waals surface area (Å²) in [5, 5.41) is 12.5. The minimum atomic E-state index is -0.528. The van der Waals surface area contributed by atoms with E-state index >= 15 is 0 Å². The monoisotopic (exact) mass is 643 g/mol. The van der Waals surface area contributed by atoms with E-state index in [-0.39, 0.29) is 110 Å². The standard InChI is InChI=1S/C18H9Cl10NO2.Na/c19-8-6(9(20)13(24)16(27)12(8)23)5(18(30)29-1-3-31-4-2-29)7-10(21)14(25)17(28)15(26)11(7)22;/h30H,1-4H2;/q;+1/p-1. The van der Waals surface area contributed by atoms with Crippen LogP contribution < -0.4 is 34.7 Å². The summed E-state index contributed by atoms with van der Waals surface area (Å²) in [6.45, 7) is 1.23. The van der Waals surface area contributed by atoms with Crippen LogP contribution in [0.4, 0.5) is 0 Å². The van der Waals surface area contributed by atoms with E-state index in [1.54, 1.807) is 0 Å². The Morgan fingerprint density at radius 3 is 1.16 bits per heavy atom. The maximum atomic E-state index is 13.7. The van der Waals surface area contributed by atoms with Gasteiger partial charge in [0.2, 0.25) is 0 Å². The largest absolute Gasteiger partial charge is 1.00 e. The third-order valence-electron chi connectivity index (χ3n) is 4.43. The molecule has 32 heavy (non-hydrogen) atoms. The second-order valence-electron chi connectivity index (χ2n) is 6.17. The van der Waals surface area contributed by atoms with Gasteiger partial charge in [0.15, 0.2) is 0 Å². The molecule has 1 aliphatic heterocycles. The van der Waals surface area contributed by atoms with Crippen molar-refractivity contribution in [2.24, 2.45) is 0 Å². The summed E-state index contributed by atoms with van der Waals surface area (Å²) in [4.78, 5) is 1.50. The Hall–Kier alpha value is 1.64. The van der Waals surface area contributed by atoms with E-state index in [0.29, 0.717) is 13.2 Å². The number of nitrogens with zero attached hydrogens (tertiary/aromatic N) is 1. The van der Waals surface area contributed by atoms with Crippen LogP contribution in [-0.2, 0) is 4.74 Å². The van der Waals surface area contributed by atoms with Gasteiger partial charge >= 0.3 is 29.6 Å². The van der Waals surface area contributed by atoms with E-state index in [1.165, 1.54) is 4.90 Å². The minimum Gasteiger partial charge on any atom is -0.860 e. The number of benzene rings is 2. The molecule has 0 N–H and O–H groups in total. The average Bonchev–Trinajstić information content (AvgIpc) is 2.78. The summed E-state index contributed by atoms with van der Waals surface area (Å²) in [6, 6.07) is 0. The first kappa shape index (κ1) is 29.9. The Bertz CT molecular complexity index is 973. The summed E-state index contributed by atoms with van der Waals surface area (Å²) in [6.07, 6.45) is 0. The fraction of sp³-hybridized carbons (Fsp3) is 0.222. The van der Waals surface area contributed by atoms with Gasteiger partial charge in [0, 0.05) is 29.8 Å². The van der Waals surface area contributed by atoms with Crippen LogP contribution in [-0.4, -0.2) is 31.2 Å². The number of ether oxygens (including phenoxy) is 1. The van der Waals surface area contributed by atoms with Gasteiger partial charge in [-0.2, -0.15) is 0 Å². The van der Waals surface area contributed by atoms with Gasteiger partial charge in [-0.15, -0.1) is 0 Å². The van der Waals surface area contributed by atoms with E-state index in [9.17, 15) is 5.11 Å². The van der Waals surface area contributed by atoms with Crippen molar-refractivity contribution in [2.75, 3.05) is 26.3 Å². The van der Waals surface area contributed by atoms with E-state index < -0.39 is 5.88 Å². The first-order chi connectivity index (χ1) is 14.5. The number of hydrogen-bond donors (Lipinski definition) is 0. The molecule has 168 valence electrons. The number of hydrogen-bond acceptors (Lipinski definition) is 3. The Morgan fingerprint density at radius 1 is 0.562 bits per heavy atom. The van der Waals surface area contributed by atoms with Crippen LogP contribution in [0.15, 0.2) is 5.88 Å². The Balaban J connectivity index is 0.00000363. The molecule has 0 saturated carbocycles. The first-order valence-corrected chi connectivity index (χ1v) is 12.1. The molecule has 0 bridgehead atoms. The van der Waals surface area contributed by atoms with Crippen molar-refractivity contribution in [1.29, 1.82) is 0 Å². The molecule has 0 atom stereocenters. The van der Waals surface area contributed by atoms with E-state index in [0.717, 1.165) is 0 Å². The molecule has 14 heteroatoms. The molecule has 1 heterocycles. The van der Waals surface area contributed by atoms with Gasteiger partial charge in [-0.1, -0.05) is 116 Å². The zero-order chi connectivity index (χ0) is 23.2. The minimum absolute atomic E-state index is 0. The van der Waals surface area contributed by atoms with Gasteiger partial charge in [0.1, 0.15) is 0 Å². The smallest absolute Gasteiger partial charge is 0.860 e. The Kier molecular flexibility index (Phi) is 11.4. The van der Waals surface area contributed by atoms with Crippen LogP contribution >= 0.6 is 116 Å². The predicted octanol–water partition coefficient (Wildman–Crippen LogP) is 5.63. The Morgan fingerprint density at radius 2 is 0.844 bits per heavy atom. The molecule has 0 aliphatic carbocycles. The quantitative estimate of drug-likeness (QED) is 0.188. The molecule has 3 rings (SSSR count).